The van der Waals surface area contributed by atoms with Gasteiger partial charge in [0.05, 0.1) is 18.0 Å². The van der Waals surface area contributed by atoms with Crippen LogP contribution in [0, 0.1) is 6.92 Å². The zero-order chi connectivity index (χ0) is 20.5. The van der Waals surface area contributed by atoms with Crippen LogP contribution < -0.4 is 14.8 Å². The van der Waals surface area contributed by atoms with Crippen molar-refractivity contribution >= 4 is 21.8 Å². The minimum atomic E-state index is -3.63. The summed E-state index contributed by atoms with van der Waals surface area (Å²) < 4.78 is 32.1. The minimum Gasteiger partial charge on any atom is -0.496 e. The smallest absolute Gasteiger partial charge is 0.263 e. The molecule has 0 radical (unpaired) electrons. The van der Waals surface area contributed by atoms with Crippen molar-refractivity contribution in [2.24, 2.45) is 4.99 Å². The number of benzene rings is 2. The number of rotatable bonds is 5. The molecule has 0 bridgehead atoms. The van der Waals surface area contributed by atoms with Crippen molar-refractivity contribution in [2.45, 2.75) is 37.8 Å². The molecule has 1 heterocycles. The zero-order valence-corrected chi connectivity index (χ0v) is 17.0. The molecule has 1 aliphatic heterocycles. The van der Waals surface area contributed by atoms with Gasteiger partial charge in [-0.2, -0.15) is 0 Å². The molecule has 0 saturated carbocycles. The summed E-state index contributed by atoms with van der Waals surface area (Å²) in [6, 6.07) is 11.2. The standard InChI is InChI=1S/C20H23N3O4S/c1-12-9-10-17(27-4)16(11-12)13(2)22-20(24)14(3)21-19-15-7-5-6-8-18(15)28(25,26)23-19/h5-11,13-14H,1-4H3,(H,21,23)(H,22,24)/t13?,14-/m0/s1. The van der Waals surface area contributed by atoms with E-state index in [1.807, 2.05) is 32.0 Å². The van der Waals surface area contributed by atoms with Gasteiger partial charge in [-0.05, 0) is 39.0 Å². The Morgan fingerprint density at radius 2 is 1.89 bits per heavy atom. The molecule has 3 rings (SSSR count). The highest BCUT2D eigenvalue weighted by Gasteiger charge is 2.31. The Morgan fingerprint density at radius 3 is 2.61 bits per heavy atom. The third-order valence-electron chi connectivity index (χ3n) is 4.58. The number of nitrogens with one attached hydrogen (secondary N) is 2. The maximum atomic E-state index is 12.6. The number of carbonyl (C=O) groups is 1. The summed E-state index contributed by atoms with van der Waals surface area (Å²) in [6.07, 6.45) is 0. The fourth-order valence-electron chi connectivity index (χ4n) is 3.09. The van der Waals surface area contributed by atoms with Gasteiger partial charge in [0.15, 0.2) is 0 Å². The van der Waals surface area contributed by atoms with Gasteiger partial charge in [-0.15, -0.1) is 0 Å². The average Bonchev–Trinajstić information content (AvgIpc) is 2.92. The van der Waals surface area contributed by atoms with Gasteiger partial charge in [0, 0.05) is 11.1 Å². The van der Waals surface area contributed by atoms with Crippen LogP contribution in [0.5, 0.6) is 5.75 Å². The van der Waals surface area contributed by atoms with E-state index in [4.69, 9.17) is 4.74 Å². The fourth-order valence-corrected chi connectivity index (χ4v) is 4.33. The first kappa shape index (κ1) is 19.9. The summed E-state index contributed by atoms with van der Waals surface area (Å²) in [4.78, 5) is 17.1. The van der Waals surface area contributed by atoms with E-state index >= 15 is 0 Å². The van der Waals surface area contributed by atoms with Crippen molar-refractivity contribution in [3.05, 3.63) is 59.2 Å². The monoisotopic (exact) mass is 401 g/mol. The van der Waals surface area contributed by atoms with Crippen molar-refractivity contribution in [3.8, 4) is 5.75 Å². The van der Waals surface area contributed by atoms with Crippen LogP contribution in [-0.2, 0) is 14.8 Å². The highest BCUT2D eigenvalue weighted by Crippen LogP contribution is 2.26. The maximum absolute atomic E-state index is 12.6. The topological polar surface area (TPSA) is 96.9 Å². The Morgan fingerprint density at radius 1 is 1.18 bits per heavy atom. The predicted octanol–water partition coefficient (Wildman–Crippen LogP) is 2.31. The zero-order valence-electron chi connectivity index (χ0n) is 16.2. The Hall–Kier alpha value is -2.87. The first-order valence-electron chi connectivity index (χ1n) is 8.88. The van der Waals surface area contributed by atoms with Crippen molar-refractivity contribution in [2.75, 3.05) is 7.11 Å². The summed E-state index contributed by atoms with van der Waals surface area (Å²) in [5, 5.41) is 2.91. The largest absolute Gasteiger partial charge is 0.496 e. The highest BCUT2D eigenvalue weighted by atomic mass is 32.2. The van der Waals surface area contributed by atoms with Gasteiger partial charge < -0.3 is 10.1 Å². The number of amides is 1. The number of fused-ring (bicyclic) bond motifs is 1. The van der Waals surface area contributed by atoms with Gasteiger partial charge in [0.2, 0.25) is 5.91 Å². The number of aliphatic imine (C=N–C) groups is 1. The Kier molecular flexibility index (Phi) is 5.42. The van der Waals surface area contributed by atoms with E-state index in [0.29, 0.717) is 11.3 Å². The quantitative estimate of drug-likeness (QED) is 0.803. The second kappa shape index (κ2) is 7.63. The van der Waals surface area contributed by atoms with Crippen LogP contribution in [-0.4, -0.2) is 33.3 Å². The van der Waals surface area contributed by atoms with Crippen molar-refractivity contribution in [1.82, 2.24) is 10.0 Å². The number of aryl methyl sites for hydroxylation is 1. The van der Waals surface area contributed by atoms with E-state index in [2.05, 4.69) is 15.0 Å². The number of hydrogen-bond donors (Lipinski definition) is 2. The number of methoxy groups -OCH3 is 1. The molecule has 2 aromatic rings. The number of hydrogen-bond acceptors (Lipinski definition) is 5. The van der Waals surface area contributed by atoms with Crippen LogP contribution in [0.4, 0.5) is 0 Å². The van der Waals surface area contributed by atoms with Crippen molar-refractivity contribution in [3.63, 3.8) is 0 Å². The molecular weight excluding hydrogens is 378 g/mol. The van der Waals surface area contributed by atoms with Gasteiger partial charge in [0.25, 0.3) is 10.0 Å². The average molecular weight is 401 g/mol. The number of sulfonamides is 1. The molecule has 0 aliphatic carbocycles. The lowest BCUT2D eigenvalue weighted by molar-refractivity contribution is -0.122. The second-order valence-electron chi connectivity index (χ2n) is 6.73. The Bertz CT molecular complexity index is 1050. The summed E-state index contributed by atoms with van der Waals surface area (Å²) in [7, 11) is -2.05. The van der Waals surface area contributed by atoms with Gasteiger partial charge in [-0.1, -0.05) is 29.8 Å². The molecule has 2 aromatic carbocycles. The van der Waals surface area contributed by atoms with Crippen LogP contribution >= 0.6 is 0 Å². The van der Waals surface area contributed by atoms with Crippen LogP contribution in [0.3, 0.4) is 0 Å². The molecule has 1 aliphatic rings. The summed E-state index contributed by atoms with van der Waals surface area (Å²) >= 11 is 0. The van der Waals surface area contributed by atoms with Gasteiger partial charge >= 0.3 is 0 Å². The summed E-state index contributed by atoms with van der Waals surface area (Å²) in [5.74, 6) is 0.557. The third kappa shape index (κ3) is 3.87. The molecule has 148 valence electrons. The lowest BCUT2D eigenvalue weighted by Crippen LogP contribution is -2.35. The van der Waals surface area contributed by atoms with Gasteiger partial charge in [-0.25, -0.2) is 8.42 Å². The molecule has 0 saturated heterocycles. The lowest BCUT2D eigenvalue weighted by Gasteiger charge is -2.19. The molecule has 7 nitrogen and oxygen atoms in total. The molecule has 28 heavy (non-hydrogen) atoms. The van der Waals surface area contributed by atoms with Crippen LogP contribution in [0.2, 0.25) is 0 Å². The molecule has 2 N–H and O–H groups in total. The molecular formula is C20H23N3O4S. The first-order valence-corrected chi connectivity index (χ1v) is 10.4. The SMILES string of the molecule is COc1ccc(C)cc1C(C)NC(=O)[C@H](C)N=C1NS(=O)(=O)c2ccccc21. The number of carbonyl (C=O) groups excluding carboxylic acids is 1. The van der Waals surface area contributed by atoms with E-state index in [0.717, 1.165) is 11.1 Å². The van der Waals surface area contributed by atoms with E-state index in [9.17, 15) is 13.2 Å². The van der Waals surface area contributed by atoms with Crippen LogP contribution in [0.1, 0.15) is 36.6 Å². The molecule has 0 spiro atoms. The van der Waals surface area contributed by atoms with Crippen molar-refractivity contribution in [1.29, 1.82) is 0 Å². The maximum Gasteiger partial charge on any atom is 0.263 e. The minimum absolute atomic E-state index is 0.166. The molecule has 0 fully saturated rings. The van der Waals surface area contributed by atoms with E-state index in [1.54, 1.807) is 32.2 Å². The number of amidine groups is 1. The summed E-state index contributed by atoms with van der Waals surface area (Å²) in [5.41, 5.74) is 2.39. The number of ether oxygens (including phenoxy) is 1. The van der Waals surface area contributed by atoms with Crippen LogP contribution in [0.25, 0.3) is 0 Å². The normalized spacial score (nSPS) is 18.1. The molecule has 8 heteroatoms. The second-order valence-corrected chi connectivity index (χ2v) is 8.38. The summed E-state index contributed by atoms with van der Waals surface area (Å²) in [6.45, 7) is 5.45. The van der Waals surface area contributed by atoms with E-state index < -0.39 is 16.1 Å². The fraction of sp³-hybridized carbons (Fsp3) is 0.300. The molecule has 2 atom stereocenters. The predicted molar refractivity (Wildman–Crippen MR) is 107 cm³/mol. The van der Waals surface area contributed by atoms with Crippen molar-refractivity contribution < 1.29 is 17.9 Å². The Balaban J connectivity index is 1.79. The highest BCUT2D eigenvalue weighted by molar-refractivity contribution is 7.90. The lowest BCUT2D eigenvalue weighted by atomic mass is 10.0. The van der Waals surface area contributed by atoms with Gasteiger partial charge in [0.1, 0.15) is 17.6 Å². The molecule has 1 amide bonds. The first-order chi connectivity index (χ1) is 13.2. The Labute approximate surface area is 164 Å². The molecule has 1 unspecified atom stereocenters. The third-order valence-corrected chi connectivity index (χ3v) is 5.97. The van der Waals surface area contributed by atoms with E-state index in [-0.39, 0.29) is 22.7 Å². The van der Waals surface area contributed by atoms with E-state index in [1.165, 1.54) is 6.07 Å². The van der Waals surface area contributed by atoms with Crippen LogP contribution in [0.15, 0.2) is 52.4 Å². The van der Waals surface area contributed by atoms with Gasteiger partial charge in [-0.3, -0.25) is 14.5 Å². The number of nitrogens with zero attached hydrogens (tertiary/aromatic N) is 1. The molecule has 0 aromatic heterocycles.